The molecule has 0 N–H and O–H groups in total. The summed E-state index contributed by atoms with van der Waals surface area (Å²) in [7, 11) is 0. The highest BCUT2D eigenvalue weighted by Crippen LogP contribution is 2.41. The fourth-order valence-corrected chi connectivity index (χ4v) is 8.11. The molecule has 10 rings (SSSR count). The Labute approximate surface area is 321 Å². The number of fused-ring (bicyclic) bond motifs is 3. The highest BCUT2D eigenvalue weighted by molar-refractivity contribution is 7.26. The van der Waals surface area contributed by atoms with E-state index in [2.05, 4.69) is 84.9 Å². The van der Waals surface area contributed by atoms with E-state index in [-0.39, 0.29) is 0 Å². The van der Waals surface area contributed by atoms with Crippen molar-refractivity contribution in [2.45, 2.75) is 0 Å². The maximum Gasteiger partial charge on any atom is 0.165 e. The molecule has 0 spiro atoms. The van der Waals surface area contributed by atoms with Crippen molar-refractivity contribution in [3.63, 3.8) is 0 Å². The van der Waals surface area contributed by atoms with Crippen LogP contribution in [0.15, 0.2) is 182 Å². The molecule has 0 bridgehead atoms. The minimum atomic E-state index is 0.617. The minimum Gasteiger partial charge on any atom is -0.208 e. The topological polar surface area (TPSA) is 77.3 Å². The van der Waals surface area contributed by atoms with E-state index in [0.717, 1.165) is 64.7 Å². The zero-order chi connectivity index (χ0) is 36.6. The summed E-state index contributed by atoms with van der Waals surface area (Å²) in [5.74, 6) is 3.78. The van der Waals surface area contributed by atoms with Crippen molar-refractivity contribution in [1.82, 2.24) is 29.9 Å². The average molecular weight is 723 g/mol. The molecule has 0 unspecified atom stereocenters. The van der Waals surface area contributed by atoms with Crippen molar-refractivity contribution in [3.05, 3.63) is 182 Å². The Morgan fingerprint density at radius 1 is 0.273 bits per heavy atom. The van der Waals surface area contributed by atoms with Crippen molar-refractivity contribution in [3.8, 4) is 79.5 Å². The molecule has 0 aliphatic carbocycles. The molecule has 0 saturated carbocycles. The molecule has 55 heavy (non-hydrogen) atoms. The van der Waals surface area contributed by atoms with Gasteiger partial charge in [-0.3, -0.25) is 0 Å². The molecule has 6 nitrogen and oxygen atoms in total. The van der Waals surface area contributed by atoms with Gasteiger partial charge in [0.25, 0.3) is 0 Å². The van der Waals surface area contributed by atoms with Crippen molar-refractivity contribution < 1.29 is 0 Å². The molecule has 258 valence electrons. The summed E-state index contributed by atoms with van der Waals surface area (Å²) in [5.41, 5.74) is 7.86. The van der Waals surface area contributed by atoms with Crippen molar-refractivity contribution in [2.75, 3.05) is 0 Å². The Morgan fingerprint density at radius 3 is 1.24 bits per heavy atom. The minimum absolute atomic E-state index is 0.617. The summed E-state index contributed by atoms with van der Waals surface area (Å²) < 4.78 is 2.23. The van der Waals surface area contributed by atoms with Crippen LogP contribution in [0.25, 0.3) is 99.6 Å². The number of thiophene rings is 1. The second kappa shape index (κ2) is 14.0. The molecule has 0 aliphatic heterocycles. The van der Waals surface area contributed by atoms with E-state index in [1.165, 1.54) is 0 Å². The first kappa shape index (κ1) is 32.4. The van der Waals surface area contributed by atoms with Gasteiger partial charge in [-0.1, -0.05) is 164 Å². The normalized spacial score (nSPS) is 11.3. The maximum absolute atomic E-state index is 5.09. The lowest BCUT2D eigenvalue weighted by Crippen LogP contribution is -2.00. The van der Waals surface area contributed by atoms with Crippen molar-refractivity contribution in [1.29, 1.82) is 0 Å². The first-order valence-corrected chi connectivity index (χ1v) is 18.9. The average Bonchev–Trinajstić information content (AvgIpc) is 3.66. The SMILES string of the molecule is c1ccc(-c2cccc(-c3nc(-c4ccccc4)nc(-c4ccc5c(c4)sc4c(-c6nc(-c7ccccc7)nc(-c7ccccc7)n6)cccc45)n3)c2)cc1. The van der Waals surface area contributed by atoms with Gasteiger partial charge in [0.1, 0.15) is 0 Å². The summed E-state index contributed by atoms with van der Waals surface area (Å²) in [5, 5.41) is 2.30. The standard InChI is InChI=1S/C48H30N6S/c1-5-15-31(16-6-1)35-23-13-24-36(29-35)46-50-43(32-17-7-2-8-18-32)51-47(52-46)37-27-28-38-39-25-14-26-40(42(39)55-41(38)30-37)48-53-44(33-19-9-3-10-20-33)49-45(54-48)34-21-11-4-12-22-34/h1-30H. The van der Waals surface area contributed by atoms with E-state index in [0.29, 0.717) is 34.9 Å². The molecule has 7 aromatic carbocycles. The summed E-state index contributed by atoms with van der Waals surface area (Å²) >= 11 is 1.72. The molecule has 0 radical (unpaired) electrons. The third kappa shape index (κ3) is 6.33. The van der Waals surface area contributed by atoms with Gasteiger partial charge in [0.15, 0.2) is 34.9 Å². The fourth-order valence-electron chi connectivity index (χ4n) is 6.86. The smallest absolute Gasteiger partial charge is 0.165 e. The lowest BCUT2D eigenvalue weighted by Gasteiger charge is -2.10. The van der Waals surface area contributed by atoms with Crippen LogP contribution in [0.2, 0.25) is 0 Å². The van der Waals surface area contributed by atoms with Gasteiger partial charge in [-0.15, -0.1) is 11.3 Å². The molecule has 3 heterocycles. The molecule has 10 aromatic rings. The number of nitrogens with zero attached hydrogens (tertiary/aromatic N) is 6. The predicted molar refractivity (Wildman–Crippen MR) is 224 cm³/mol. The van der Waals surface area contributed by atoms with E-state index in [1.54, 1.807) is 11.3 Å². The fraction of sp³-hybridized carbons (Fsp3) is 0. The summed E-state index contributed by atoms with van der Waals surface area (Å²) in [6.45, 7) is 0. The van der Waals surface area contributed by atoms with E-state index >= 15 is 0 Å². The quantitative estimate of drug-likeness (QED) is 0.163. The molecule has 3 aromatic heterocycles. The van der Waals surface area contributed by atoms with Crippen LogP contribution in [0, 0.1) is 0 Å². The van der Waals surface area contributed by atoms with Gasteiger partial charge in [0.2, 0.25) is 0 Å². The van der Waals surface area contributed by atoms with Gasteiger partial charge in [-0.2, -0.15) is 0 Å². The molecule has 0 atom stereocenters. The molecule has 7 heteroatoms. The largest absolute Gasteiger partial charge is 0.208 e. The lowest BCUT2D eigenvalue weighted by molar-refractivity contribution is 1.07. The Bertz CT molecular complexity index is 2910. The highest BCUT2D eigenvalue weighted by atomic mass is 32.1. The van der Waals surface area contributed by atoms with Gasteiger partial charge >= 0.3 is 0 Å². The van der Waals surface area contributed by atoms with Crippen molar-refractivity contribution in [2.24, 2.45) is 0 Å². The Morgan fingerprint density at radius 2 is 0.691 bits per heavy atom. The number of rotatable bonds is 7. The Balaban J connectivity index is 1.11. The highest BCUT2D eigenvalue weighted by Gasteiger charge is 2.18. The van der Waals surface area contributed by atoms with Crippen LogP contribution in [0.1, 0.15) is 0 Å². The lowest BCUT2D eigenvalue weighted by atomic mass is 10.0. The predicted octanol–water partition coefficient (Wildman–Crippen LogP) is 12.1. The van der Waals surface area contributed by atoms with Gasteiger partial charge < -0.3 is 0 Å². The molecule has 0 aliphatic rings. The second-order valence-corrected chi connectivity index (χ2v) is 14.2. The van der Waals surface area contributed by atoms with E-state index in [4.69, 9.17) is 29.9 Å². The van der Waals surface area contributed by atoms with Crippen LogP contribution >= 0.6 is 11.3 Å². The van der Waals surface area contributed by atoms with Gasteiger partial charge in [-0.05, 0) is 29.3 Å². The number of benzene rings is 7. The van der Waals surface area contributed by atoms with Crippen LogP contribution in [0.5, 0.6) is 0 Å². The molecular weight excluding hydrogens is 693 g/mol. The van der Waals surface area contributed by atoms with Crippen LogP contribution in [-0.2, 0) is 0 Å². The first-order chi connectivity index (χ1) is 27.2. The molecular formula is C48H30N6S. The third-order valence-electron chi connectivity index (χ3n) is 9.59. The van der Waals surface area contributed by atoms with Gasteiger partial charge in [0.05, 0.1) is 0 Å². The zero-order valence-corrected chi connectivity index (χ0v) is 30.2. The number of hydrogen-bond donors (Lipinski definition) is 0. The second-order valence-electron chi connectivity index (χ2n) is 13.2. The van der Waals surface area contributed by atoms with Crippen molar-refractivity contribution >= 4 is 31.5 Å². The molecule has 0 fully saturated rings. The maximum atomic E-state index is 5.09. The third-order valence-corrected chi connectivity index (χ3v) is 10.8. The van der Waals surface area contributed by atoms with Crippen LogP contribution in [0.4, 0.5) is 0 Å². The Hall–Kier alpha value is -7.22. The van der Waals surface area contributed by atoms with E-state index in [9.17, 15) is 0 Å². The molecule has 0 saturated heterocycles. The number of hydrogen-bond acceptors (Lipinski definition) is 7. The molecule has 0 amide bonds. The summed E-state index contributed by atoms with van der Waals surface area (Å²) in [4.78, 5) is 30.1. The van der Waals surface area contributed by atoms with Crippen LogP contribution in [-0.4, -0.2) is 29.9 Å². The summed E-state index contributed by atoms with van der Waals surface area (Å²) in [6.07, 6.45) is 0. The van der Waals surface area contributed by atoms with Crippen LogP contribution < -0.4 is 0 Å². The Kier molecular flexibility index (Phi) is 8.24. The monoisotopic (exact) mass is 722 g/mol. The summed E-state index contributed by atoms with van der Waals surface area (Å²) in [6, 6.07) is 61.8. The zero-order valence-electron chi connectivity index (χ0n) is 29.4. The number of aromatic nitrogens is 6. The van der Waals surface area contributed by atoms with Crippen LogP contribution in [0.3, 0.4) is 0 Å². The van der Waals surface area contributed by atoms with Gasteiger partial charge in [0, 0.05) is 53.6 Å². The van der Waals surface area contributed by atoms with Gasteiger partial charge in [-0.25, -0.2) is 29.9 Å². The van der Waals surface area contributed by atoms with E-state index in [1.807, 2.05) is 97.1 Å². The van der Waals surface area contributed by atoms with E-state index < -0.39 is 0 Å². The first-order valence-electron chi connectivity index (χ1n) is 18.0.